The van der Waals surface area contributed by atoms with Crippen molar-refractivity contribution in [3.05, 3.63) is 87.5 Å². The van der Waals surface area contributed by atoms with Crippen molar-refractivity contribution in [2.45, 2.75) is 39.7 Å². The van der Waals surface area contributed by atoms with Gasteiger partial charge in [0.25, 0.3) is 0 Å². The molecule has 2 aliphatic rings. The molecule has 1 atom stereocenters. The molecule has 4 nitrogen and oxygen atoms in total. The number of phenols is 1. The normalized spacial score (nSPS) is 19.2. The van der Waals surface area contributed by atoms with Crippen LogP contribution in [0.4, 0.5) is 0 Å². The number of ether oxygens (including phenoxy) is 1. The summed E-state index contributed by atoms with van der Waals surface area (Å²) in [5, 5.41) is 10.4. The molecule has 1 amide bonds. The fourth-order valence-corrected chi connectivity index (χ4v) is 5.16. The lowest BCUT2D eigenvalue weighted by Crippen LogP contribution is -2.56. The Labute approximate surface area is 176 Å². The fourth-order valence-electron chi connectivity index (χ4n) is 5.16. The van der Waals surface area contributed by atoms with Crippen LogP contribution < -0.4 is 4.74 Å². The van der Waals surface area contributed by atoms with E-state index in [2.05, 4.69) is 32.0 Å². The number of fused-ring (bicyclic) bond motifs is 6. The number of likely N-dealkylation sites (N-methyl/N-ethyl adjacent to an activating group) is 1. The standard InChI is InChI=1S/C26H25NO3/c1-5-27-23(29)14-18-8-6-7-9-19(18)26(27)20-11-10-15(2)16(3)24(20)30-25-17(4)22(28)13-12-21(25)26/h6-13,28H,5,14H2,1-4H3. The number of phenolic OH excluding ortho intramolecular Hbond substituents is 1. The van der Waals surface area contributed by atoms with Crippen molar-refractivity contribution in [1.29, 1.82) is 0 Å². The molecule has 0 aromatic heterocycles. The second-order valence-corrected chi connectivity index (χ2v) is 8.25. The molecule has 1 unspecified atom stereocenters. The quantitative estimate of drug-likeness (QED) is 0.618. The first-order chi connectivity index (χ1) is 14.4. The lowest BCUT2D eigenvalue weighted by atomic mass is 9.68. The number of hydrogen-bond acceptors (Lipinski definition) is 3. The Kier molecular flexibility index (Phi) is 3.97. The van der Waals surface area contributed by atoms with E-state index in [0.717, 1.165) is 39.1 Å². The van der Waals surface area contributed by atoms with Gasteiger partial charge in [-0.3, -0.25) is 4.79 Å². The van der Waals surface area contributed by atoms with E-state index in [-0.39, 0.29) is 11.7 Å². The number of hydrogen-bond donors (Lipinski definition) is 1. The Morgan fingerprint density at radius 2 is 1.60 bits per heavy atom. The van der Waals surface area contributed by atoms with Crippen molar-refractivity contribution < 1.29 is 14.6 Å². The van der Waals surface area contributed by atoms with Crippen LogP contribution in [-0.4, -0.2) is 22.5 Å². The molecule has 30 heavy (non-hydrogen) atoms. The van der Waals surface area contributed by atoms with Gasteiger partial charge >= 0.3 is 0 Å². The minimum atomic E-state index is -0.791. The fraction of sp³-hybridized carbons (Fsp3) is 0.269. The third-order valence-electron chi connectivity index (χ3n) is 6.81. The molecule has 2 aliphatic heterocycles. The first-order valence-corrected chi connectivity index (χ1v) is 10.4. The average Bonchev–Trinajstić information content (AvgIpc) is 2.74. The van der Waals surface area contributed by atoms with Crippen LogP contribution in [0, 0.1) is 20.8 Å². The van der Waals surface area contributed by atoms with Crippen LogP contribution >= 0.6 is 0 Å². The number of aryl methyl sites for hydroxylation is 1. The van der Waals surface area contributed by atoms with E-state index < -0.39 is 5.54 Å². The first-order valence-electron chi connectivity index (χ1n) is 10.4. The Morgan fingerprint density at radius 3 is 2.33 bits per heavy atom. The molecule has 4 heteroatoms. The molecule has 3 aromatic carbocycles. The molecular weight excluding hydrogens is 374 g/mol. The van der Waals surface area contributed by atoms with Crippen molar-refractivity contribution in [2.24, 2.45) is 0 Å². The van der Waals surface area contributed by atoms with Crippen molar-refractivity contribution in [1.82, 2.24) is 4.90 Å². The summed E-state index contributed by atoms with van der Waals surface area (Å²) in [6.07, 6.45) is 0.388. The Hall–Kier alpha value is -3.27. The molecule has 5 rings (SSSR count). The number of carbonyl (C=O) groups is 1. The maximum Gasteiger partial charge on any atom is 0.228 e. The molecule has 3 aromatic rings. The van der Waals surface area contributed by atoms with Gasteiger partial charge in [0, 0.05) is 23.2 Å². The number of carbonyl (C=O) groups excluding carboxylic acids is 1. The lowest BCUT2D eigenvalue weighted by molar-refractivity contribution is -0.135. The van der Waals surface area contributed by atoms with E-state index in [1.54, 1.807) is 6.07 Å². The number of aromatic hydroxyl groups is 1. The van der Waals surface area contributed by atoms with Gasteiger partial charge in [-0.15, -0.1) is 0 Å². The maximum atomic E-state index is 13.4. The molecule has 0 fully saturated rings. The molecule has 1 N–H and O–H groups in total. The highest BCUT2D eigenvalue weighted by molar-refractivity contribution is 5.86. The van der Waals surface area contributed by atoms with Crippen LogP contribution in [0.2, 0.25) is 0 Å². The van der Waals surface area contributed by atoms with Gasteiger partial charge in [0.2, 0.25) is 5.91 Å². The van der Waals surface area contributed by atoms with Crippen molar-refractivity contribution >= 4 is 5.91 Å². The first kappa shape index (κ1) is 18.7. The highest BCUT2D eigenvalue weighted by atomic mass is 16.5. The summed E-state index contributed by atoms with van der Waals surface area (Å²) < 4.78 is 6.47. The zero-order valence-electron chi connectivity index (χ0n) is 17.7. The van der Waals surface area contributed by atoms with Gasteiger partial charge in [0.05, 0.1) is 6.42 Å². The predicted molar refractivity (Wildman–Crippen MR) is 116 cm³/mol. The van der Waals surface area contributed by atoms with Gasteiger partial charge in [0.15, 0.2) is 0 Å². The van der Waals surface area contributed by atoms with E-state index in [1.807, 2.05) is 43.0 Å². The molecule has 0 radical (unpaired) electrons. The zero-order valence-corrected chi connectivity index (χ0v) is 17.7. The van der Waals surface area contributed by atoms with Gasteiger partial charge in [-0.05, 0) is 62.1 Å². The predicted octanol–water partition coefficient (Wildman–Crippen LogP) is 5.12. The van der Waals surface area contributed by atoms with Gasteiger partial charge < -0.3 is 14.7 Å². The lowest BCUT2D eigenvalue weighted by Gasteiger charge is -2.51. The van der Waals surface area contributed by atoms with Crippen LogP contribution in [0.25, 0.3) is 0 Å². The molecular formula is C26H25NO3. The zero-order chi connectivity index (χ0) is 21.2. The van der Waals surface area contributed by atoms with Crippen LogP contribution in [0.1, 0.15) is 45.9 Å². The summed E-state index contributed by atoms with van der Waals surface area (Å²) in [5.41, 5.74) is 6.09. The summed E-state index contributed by atoms with van der Waals surface area (Å²) in [6.45, 7) is 8.58. The third kappa shape index (κ3) is 2.19. The van der Waals surface area contributed by atoms with Crippen molar-refractivity contribution in [2.75, 3.05) is 6.54 Å². The summed E-state index contributed by atoms with van der Waals surface area (Å²) >= 11 is 0. The van der Waals surface area contributed by atoms with Gasteiger partial charge in [-0.1, -0.05) is 36.4 Å². The van der Waals surface area contributed by atoms with E-state index in [9.17, 15) is 9.90 Å². The SMILES string of the molecule is CCN1C(=O)Cc2ccccc2C12c1ccc(C)c(C)c1Oc1c2ccc(O)c1C. The Balaban J connectivity index is 2.01. The monoisotopic (exact) mass is 399 g/mol. The third-order valence-corrected chi connectivity index (χ3v) is 6.81. The minimum absolute atomic E-state index is 0.0963. The van der Waals surface area contributed by atoms with Crippen LogP contribution in [0.15, 0.2) is 48.5 Å². The highest BCUT2D eigenvalue weighted by Crippen LogP contribution is 2.58. The Bertz CT molecular complexity index is 1150. The summed E-state index contributed by atoms with van der Waals surface area (Å²) in [4.78, 5) is 15.4. The van der Waals surface area contributed by atoms with E-state index in [1.165, 1.54) is 0 Å². The van der Waals surface area contributed by atoms with Crippen LogP contribution in [0.5, 0.6) is 17.2 Å². The van der Waals surface area contributed by atoms with Gasteiger partial charge in [-0.25, -0.2) is 0 Å². The molecule has 152 valence electrons. The number of nitrogens with zero attached hydrogens (tertiary/aromatic N) is 1. The molecule has 0 saturated heterocycles. The van der Waals surface area contributed by atoms with E-state index in [4.69, 9.17) is 4.74 Å². The van der Waals surface area contributed by atoms with Crippen molar-refractivity contribution in [3.63, 3.8) is 0 Å². The van der Waals surface area contributed by atoms with Crippen LogP contribution in [-0.2, 0) is 16.8 Å². The number of amides is 1. The van der Waals surface area contributed by atoms with Gasteiger partial charge in [-0.2, -0.15) is 0 Å². The second kappa shape index (κ2) is 6.36. The maximum absolute atomic E-state index is 13.4. The summed E-state index contributed by atoms with van der Waals surface area (Å²) in [6, 6.07) is 16.0. The average molecular weight is 399 g/mol. The van der Waals surface area contributed by atoms with Gasteiger partial charge in [0.1, 0.15) is 22.8 Å². The van der Waals surface area contributed by atoms with Crippen molar-refractivity contribution in [3.8, 4) is 17.2 Å². The Morgan fingerprint density at radius 1 is 0.933 bits per heavy atom. The smallest absolute Gasteiger partial charge is 0.228 e. The van der Waals surface area contributed by atoms with E-state index in [0.29, 0.717) is 24.3 Å². The number of rotatable bonds is 1. The van der Waals surface area contributed by atoms with E-state index >= 15 is 0 Å². The molecule has 2 heterocycles. The molecule has 0 aliphatic carbocycles. The largest absolute Gasteiger partial charge is 0.508 e. The minimum Gasteiger partial charge on any atom is -0.508 e. The molecule has 0 bridgehead atoms. The summed E-state index contributed by atoms with van der Waals surface area (Å²) in [5.74, 6) is 1.70. The topological polar surface area (TPSA) is 49.8 Å². The molecule has 1 spiro atoms. The molecule has 0 saturated carbocycles. The second-order valence-electron chi connectivity index (χ2n) is 8.25. The van der Waals surface area contributed by atoms with Crippen LogP contribution in [0.3, 0.4) is 0 Å². The summed E-state index contributed by atoms with van der Waals surface area (Å²) in [7, 11) is 0. The number of benzene rings is 3. The highest BCUT2D eigenvalue weighted by Gasteiger charge is 2.53.